The fourth-order valence-corrected chi connectivity index (χ4v) is 3.02. The first-order valence-corrected chi connectivity index (χ1v) is 9.97. The Hall–Kier alpha value is -2.59. The molecule has 2 N–H and O–H groups in total. The van der Waals surface area contributed by atoms with Crippen LogP contribution in [-0.2, 0) is 25.6 Å². The topological polar surface area (TPSA) is 132 Å². The van der Waals surface area contributed by atoms with Gasteiger partial charge >= 0.3 is 12.4 Å². The van der Waals surface area contributed by atoms with Crippen LogP contribution in [0.5, 0.6) is 5.88 Å². The number of carbonyl (C=O) groups excluding carboxylic acids is 1. The van der Waals surface area contributed by atoms with Gasteiger partial charge in [-0.15, -0.1) is 0 Å². The number of nitrogens with zero attached hydrogens (tertiary/aromatic N) is 4. The summed E-state index contributed by atoms with van der Waals surface area (Å²) in [4.78, 5) is 28.7. The zero-order valence-corrected chi connectivity index (χ0v) is 16.8. The quantitative estimate of drug-likeness (QED) is 0.490. The number of anilines is 1. The molecule has 1 unspecified atom stereocenters. The van der Waals surface area contributed by atoms with Gasteiger partial charge in [0.2, 0.25) is 11.8 Å². The summed E-state index contributed by atoms with van der Waals surface area (Å²) in [5.74, 6) is -0.00268. The maximum atomic E-state index is 11.5. The lowest BCUT2D eigenvalue weighted by atomic mass is 9.98. The van der Waals surface area contributed by atoms with E-state index in [1.165, 1.54) is 12.6 Å². The summed E-state index contributed by atoms with van der Waals surface area (Å²) in [5, 5.41) is 0. The first kappa shape index (κ1) is 21.1. The predicted octanol–water partition coefficient (Wildman–Crippen LogP) is 2.50. The molecular weight excluding hydrogens is 378 g/mol. The van der Waals surface area contributed by atoms with Gasteiger partial charge in [0.05, 0.1) is 25.1 Å². The standard InChI is InChI=1S/C19H27N5O5/c1-3-14(25)29-19(26-4-2)27-11-12-10-21-16-15(22-12)17(24-18(20)23-16)28-13-8-6-5-7-9-13/h10,13,19H,3-9,11H2,1-2H3,(H2,20,21,23,24). The minimum Gasteiger partial charge on any atom is -0.473 e. The van der Waals surface area contributed by atoms with Crippen molar-refractivity contribution in [2.24, 2.45) is 0 Å². The zero-order chi connectivity index (χ0) is 20.6. The summed E-state index contributed by atoms with van der Waals surface area (Å²) >= 11 is 0. The van der Waals surface area contributed by atoms with Crippen LogP contribution in [0.4, 0.5) is 5.95 Å². The highest BCUT2D eigenvalue weighted by Crippen LogP contribution is 2.26. The molecule has 29 heavy (non-hydrogen) atoms. The smallest absolute Gasteiger partial charge is 0.318 e. The van der Waals surface area contributed by atoms with Gasteiger partial charge in [-0.2, -0.15) is 9.97 Å². The Morgan fingerprint density at radius 1 is 1.17 bits per heavy atom. The highest BCUT2D eigenvalue weighted by Gasteiger charge is 2.20. The van der Waals surface area contributed by atoms with E-state index in [2.05, 4.69) is 19.9 Å². The van der Waals surface area contributed by atoms with Gasteiger partial charge in [0.25, 0.3) is 0 Å². The molecule has 1 atom stereocenters. The molecule has 2 aromatic rings. The van der Waals surface area contributed by atoms with Gasteiger partial charge in [-0.3, -0.25) is 4.79 Å². The molecule has 0 saturated heterocycles. The van der Waals surface area contributed by atoms with Crippen LogP contribution in [0.15, 0.2) is 6.20 Å². The van der Waals surface area contributed by atoms with Crippen LogP contribution in [0, 0.1) is 0 Å². The van der Waals surface area contributed by atoms with Crippen LogP contribution in [0.3, 0.4) is 0 Å². The van der Waals surface area contributed by atoms with Gasteiger partial charge in [0.15, 0.2) is 11.2 Å². The average molecular weight is 405 g/mol. The molecule has 0 aromatic carbocycles. The fourth-order valence-electron chi connectivity index (χ4n) is 3.02. The van der Waals surface area contributed by atoms with Crippen molar-refractivity contribution < 1.29 is 23.7 Å². The summed E-state index contributed by atoms with van der Waals surface area (Å²) in [6, 6.07) is 0. The van der Waals surface area contributed by atoms with E-state index in [1.807, 2.05) is 0 Å². The second-order valence-corrected chi connectivity index (χ2v) is 6.70. The summed E-state index contributed by atoms with van der Waals surface area (Å²) in [7, 11) is 0. The number of carbonyl (C=O) groups is 1. The number of fused-ring (bicyclic) bond motifs is 1. The monoisotopic (exact) mass is 405 g/mol. The Morgan fingerprint density at radius 2 is 1.97 bits per heavy atom. The first-order valence-electron chi connectivity index (χ1n) is 9.97. The van der Waals surface area contributed by atoms with Gasteiger partial charge in [-0.25, -0.2) is 9.97 Å². The van der Waals surface area contributed by atoms with E-state index in [0.29, 0.717) is 29.3 Å². The summed E-state index contributed by atoms with van der Waals surface area (Å²) in [6.07, 6.45) is 7.25. The summed E-state index contributed by atoms with van der Waals surface area (Å²) in [6.45, 7) is 2.73. The van der Waals surface area contributed by atoms with Crippen LogP contribution < -0.4 is 10.5 Å². The van der Waals surface area contributed by atoms with Gasteiger partial charge in [-0.1, -0.05) is 13.3 Å². The van der Waals surface area contributed by atoms with E-state index in [9.17, 15) is 4.79 Å². The lowest BCUT2D eigenvalue weighted by Gasteiger charge is -2.22. The molecule has 0 radical (unpaired) electrons. The van der Waals surface area contributed by atoms with Crippen LogP contribution in [-0.4, -0.2) is 45.1 Å². The average Bonchev–Trinajstić information content (AvgIpc) is 2.73. The maximum absolute atomic E-state index is 11.5. The van der Waals surface area contributed by atoms with E-state index in [1.54, 1.807) is 13.8 Å². The largest absolute Gasteiger partial charge is 0.473 e. The highest BCUT2D eigenvalue weighted by atomic mass is 16.9. The number of esters is 1. The van der Waals surface area contributed by atoms with Crippen LogP contribution in [0.1, 0.15) is 58.1 Å². The Labute approximate surface area is 169 Å². The van der Waals surface area contributed by atoms with E-state index in [4.69, 9.17) is 24.7 Å². The Morgan fingerprint density at radius 3 is 2.69 bits per heavy atom. The van der Waals surface area contributed by atoms with E-state index >= 15 is 0 Å². The summed E-state index contributed by atoms with van der Waals surface area (Å²) < 4.78 is 22.0. The molecule has 1 aliphatic rings. The number of nitrogen functional groups attached to an aromatic ring is 1. The molecule has 2 aromatic heterocycles. The van der Waals surface area contributed by atoms with Crippen molar-refractivity contribution >= 4 is 23.1 Å². The van der Waals surface area contributed by atoms with Crippen LogP contribution >= 0.6 is 0 Å². The highest BCUT2D eigenvalue weighted by molar-refractivity contribution is 5.76. The van der Waals surface area contributed by atoms with E-state index in [0.717, 1.165) is 25.7 Å². The molecule has 1 saturated carbocycles. The SMILES string of the molecule is CCOC(OCc1cnc2nc(N)nc(OC3CCCCC3)c2n1)OC(=O)CC. The number of ether oxygens (including phenoxy) is 4. The molecule has 3 rings (SSSR count). The zero-order valence-electron chi connectivity index (χ0n) is 16.8. The normalized spacial score (nSPS) is 15.9. The third-order valence-electron chi connectivity index (χ3n) is 4.46. The number of hydrogen-bond donors (Lipinski definition) is 1. The number of aromatic nitrogens is 4. The minimum atomic E-state index is -1.11. The van der Waals surface area contributed by atoms with Gasteiger partial charge in [-0.05, 0) is 32.6 Å². The molecule has 10 nitrogen and oxygen atoms in total. The molecule has 2 heterocycles. The predicted molar refractivity (Wildman–Crippen MR) is 104 cm³/mol. The Bertz CT molecular complexity index is 828. The van der Waals surface area contributed by atoms with Gasteiger partial charge < -0.3 is 24.7 Å². The van der Waals surface area contributed by atoms with Crippen molar-refractivity contribution in [3.05, 3.63) is 11.9 Å². The van der Waals surface area contributed by atoms with Crippen molar-refractivity contribution in [1.29, 1.82) is 0 Å². The van der Waals surface area contributed by atoms with E-state index < -0.39 is 12.4 Å². The van der Waals surface area contributed by atoms with Crippen molar-refractivity contribution in [3.8, 4) is 5.88 Å². The molecule has 10 heteroatoms. The van der Waals surface area contributed by atoms with Crippen molar-refractivity contribution in [3.63, 3.8) is 0 Å². The summed E-state index contributed by atoms with van der Waals surface area (Å²) in [5.41, 5.74) is 7.07. The molecular formula is C19H27N5O5. The lowest BCUT2D eigenvalue weighted by molar-refractivity contribution is -0.279. The third kappa shape index (κ3) is 5.94. The van der Waals surface area contributed by atoms with Crippen LogP contribution in [0.2, 0.25) is 0 Å². The molecule has 0 amide bonds. The third-order valence-corrected chi connectivity index (χ3v) is 4.46. The second-order valence-electron chi connectivity index (χ2n) is 6.70. The molecule has 1 fully saturated rings. The second kappa shape index (κ2) is 10.3. The lowest BCUT2D eigenvalue weighted by Crippen LogP contribution is -2.24. The molecule has 0 spiro atoms. The van der Waals surface area contributed by atoms with Crippen molar-refractivity contribution in [1.82, 2.24) is 19.9 Å². The molecule has 158 valence electrons. The number of rotatable bonds is 9. The number of hydrogen-bond acceptors (Lipinski definition) is 10. The van der Waals surface area contributed by atoms with Gasteiger partial charge in [0.1, 0.15) is 6.10 Å². The minimum absolute atomic E-state index is 0.0256. The number of nitrogens with two attached hydrogens (primary N) is 1. The Kier molecular flexibility index (Phi) is 7.48. The van der Waals surface area contributed by atoms with E-state index in [-0.39, 0.29) is 25.1 Å². The van der Waals surface area contributed by atoms with Crippen molar-refractivity contribution in [2.45, 2.75) is 71.6 Å². The molecule has 0 aliphatic heterocycles. The van der Waals surface area contributed by atoms with Gasteiger partial charge in [0, 0.05) is 6.42 Å². The van der Waals surface area contributed by atoms with Crippen LogP contribution in [0.25, 0.3) is 11.2 Å². The first-order chi connectivity index (χ1) is 14.1. The molecule has 0 bridgehead atoms. The fraction of sp³-hybridized carbons (Fsp3) is 0.632. The van der Waals surface area contributed by atoms with Crippen molar-refractivity contribution in [2.75, 3.05) is 12.3 Å². The Balaban J connectivity index is 1.75. The molecule has 1 aliphatic carbocycles. The maximum Gasteiger partial charge on any atom is 0.318 e.